The normalized spacial score (nSPS) is 27.3. The summed E-state index contributed by atoms with van der Waals surface area (Å²) in [4.78, 5) is 9.63. The highest BCUT2D eigenvalue weighted by molar-refractivity contribution is 5.38. The number of nitrogens with zero attached hydrogens (tertiary/aromatic N) is 3. The van der Waals surface area contributed by atoms with Crippen LogP contribution < -0.4 is 4.90 Å². The minimum atomic E-state index is -1.23. The van der Waals surface area contributed by atoms with Crippen molar-refractivity contribution >= 4 is 5.82 Å². The summed E-state index contributed by atoms with van der Waals surface area (Å²) in [6.07, 6.45) is -0.379. The molecule has 1 aromatic carbocycles. The molecule has 3 rings (SSSR count). The zero-order valence-electron chi connectivity index (χ0n) is 13.5. The van der Waals surface area contributed by atoms with Crippen molar-refractivity contribution in [2.75, 3.05) is 11.9 Å². The summed E-state index contributed by atoms with van der Waals surface area (Å²) < 4.78 is 26.5. The summed E-state index contributed by atoms with van der Waals surface area (Å²) in [5, 5.41) is 31.2. The van der Waals surface area contributed by atoms with Crippen molar-refractivity contribution in [2.24, 2.45) is 5.92 Å². The average Bonchev–Trinajstić information content (AvgIpc) is 2.92. The van der Waals surface area contributed by atoms with E-state index < -0.39 is 41.9 Å². The van der Waals surface area contributed by atoms with E-state index in [1.807, 2.05) is 0 Å². The topological polar surface area (TPSA) is 89.7 Å². The minimum Gasteiger partial charge on any atom is -0.390 e. The van der Waals surface area contributed by atoms with Gasteiger partial charge >= 0.3 is 0 Å². The van der Waals surface area contributed by atoms with Crippen LogP contribution >= 0.6 is 0 Å². The first-order valence-corrected chi connectivity index (χ1v) is 7.88. The highest BCUT2D eigenvalue weighted by Gasteiger charge is 2.46. The second-order valence-corrected chi connectivity index (χ2v) is 6.24. The molecule has 1 aliphatic carbocycles. The molecule has 0 saturated heterocycles. The van der Waals surface area contributed by atoms with E-state index in [2.05, 4.69) is 9.97 Å². The third kappa shape index (κ3) is 3.33. The molecule has 134 valence electrons. The van der Waals surface area contributed by atoms with E-state index in [4.69, 9.17) is 0 Å². The number of aliphatic hydroxyl groups is 3. The predicted molar refractivity (Wildman–Crippen MR) is 85.7 cm³/mol. The molecule has 0 bridgehead atoms. The molecule has 1 fully saturated rings. The summed E-state index contributed by atoms with van der Waals surface area (Å²) in [5.74, 6) is -2.24. The summed E-state index contributed by atoms with van der Waals surface area (Å²) in [5.41, 5.74) is 0.153. The van der Waals surface area contributed by atoms with Crippen molar-refractivity contribution in [1.29, 1.82) is 0 Å². The average molecular weight is 351 g/mol. The Labute approximate surface area is 143 Å². The zero-order valence-corrected chi connectivity index (χ0v) is 13.5. The second kappa shape index (κ2) is 6.99. The van der Waals surface area contributed by atoms with Crippen LogP contribution in [0.15, 0.2) is 36.8 Å². The molecule has 2 aromatic rings. The fourth-order valence-electron chi connectivity index (χ4n) is 3.35. The van der Waals surface area contributed by atoms with Gasteiger partial charge in [-0.05, 0) is 30.2 Å². The standard InChI is InChI=1S/C17H19F2N3O3/c1-22(14-4-5-20-8-21-14)13-7-10(16(24)17(13)25)15(23)9-2-3-11(18)12(19)6-9/h2-6,8,10,13,15-17,23-25H,7H2,1H3/t10-,13-,15-,16-,17+/m1/s1. The molecule has 3 N–H and O–H groups in total. The zero-order chi connectivity index (χ0) is 18.1. The van der Waals surface area contributed by atoms with Gasteiger partial charge in [-0.15, -0.1) is 0 Å². The van der Waals surface area contributed by atoms with Crippen LogP contribution in [0.25, 0.3) is 0 Å². The molecular formula is C17H19F2N3O3. The van der Waals surface area contributed by atoms with Gasteiger partial charge in [0.15, 0.2) is 11.6 Å². The van der Waals surface area contributed by atoms with Gasteiger partial charge in [-0.25, -0.2) is 18.7 Å². The van der Waals surface area contributed by atoms with E-state index in [1.165, 1.54) is 12.4 Å². The maximum Gasteiger partial charge on any atom is 0.159 e. The van der Waals surface area contributed by atoms with E-state index in [1.54, 1.807) is 24.2 Å². The maximum absolute atomic E-state index is 13.4. The molecule has 8 heteroatoms. The number of benzene rings is 1. The van der Waals surface area contributed by atoms with Gasteiger partial charge in [0.2, 0.25) is 0 Å². The van der Waals surface area contributed by atoms with Gasteiger partial charge in [0, 0.05) is 19.2 Å². The number of anilines is 1. The number of likely N-dealkylation sites (N-methyl/N-ethyl adjacent to an activating group) is 1. The number of hydrogen-bond donors (Lipinski definition) is 3. The third-order valence-electron chi connectivity index (χ3n) is 4.81. The van der Waals surface area contributed by atoms with Gasteiger partial charge in [-0.2, -0.15) is 0 Å². The summed E-state index contributed by atoms with van der Waals surface area (Å²) >= 11 is 0. The fraction of sp³-hybridized carbons (Fsp3) is 0.412. The minimum absolute atomic E-state index is 0.153. The highest BCUT2D eigenvalue weighted by atomic mass is 19.2. The van der Waals surface area contributed by atoms with E-state index in [0.717, 1.165) is 12.1 Å². The third-order valence-corrected chi connectivity index (χ3v) is 4.81. The first kappa shape index (κ1) is 17.7. The summed E-state index contributed by atoms with van der Waals surface area (Å²) in [7, 11) is 1.72. The molecule has 1 aliphatic rings. The van der Waals surface area contributed by atoms with E-state index in [9.17, 15) is 24.1 Å². The molecule has 25 heavy (non-hydrogen) atoms. The van der Waals surface area contributed by atoms with Gasteiger partial charge in [0.05, 0.1) is 18.2 Å². The molecule has 0 unspecified atom stereocenters. The summed E-state index contributed by atoms with van der Waals surface area (Å²) in [6.45, 7) is 0. The number of halogens is 2. The van der Waals surface area contributed by atoms with Crippen LogP contribution in [0.3, 0.4) is 0 Å². The Kier molecular flexibility index (Phi) is 4.94. The van der Waals surface area contributed by atoms with Crippen LogP contribution in [0.1, 0.15) is 18.1 Å². The van der Waals surface area contributed by atoms with E-state index in [0.29, 0.717) is 5.82 Å². The lowest BCUT2D eigenvalue weighted by atomic mass is 9.92. The van der Waals surface area contributed by atoms with Crippen LogP contribution in [0.5, 0.6) is 0 Å². The molecule has 0 amide bonds. The Morgan fingerprint density at radius 3 is 2.56 bits per heavy atom. The number of aromatic nitrogens is 2. The molecule has 1 aromatic heterocycles. The smallest absolute Gasteiger partial charge is 0.159 e. The Morgan fingerprint density at radius 2 is 1.92 bits per heavy atom. The summed E-state index contributed by atoms with van der Waals surface area (Å²) in [6, 6.07) is 4.27. The van der Waals surface area contributed by atoms with Gasteiger partial charge in [0.25, 0.3) is 0 Å². The van der Waals surface area contributed by atoms with Gasteiger partial charge in [-0.3, -0.25) is 0 Å². The van der Waals surface area contributed by atoms with E-state index >= 15 is 0 Å². The van der Waals surface area contributed by atoms with Crippen LogP contribution in [-0.4, -0.2) is 50.6 Å². The second-order valence-electron chi connectivity index (χ2n) is 6.24. The highest BCUT2D eigenvalue weighted by Crippen LogP contribution is 2.39. The van der Waals surface area contributed by atoms with Crippen molar-refractivity contribution in [1.82, 2.24) is 9.97 Å². The Bertz CT molecular complexity index is 734. The SMILES string of the molecule is CN(c1ccncn1)[C@@H]1C[C@H]([C@H](O)c2ccc(F)c(F)c2)[C@@H](O)[C@H]1O. The quantitative estimate of drug-likeness (QED) is 0.763. The lowest BCUT2D eigenvalue weighted by Crippen LogP contribution is -2.41. The lowest BCUT2D eigenvalue weighted by molar-refractivity contribution is -0.0232. The number of rotatable bonds is 4. The van der Waals surface area contributed by atoms with Gasteiger partial charge in [0.1, 0.15) is 18.2 Å². The first-order chi connectivity index (χ1) is 11.9. The van der Waals surface area contributed by atoms with Crippen molar-refractivity contribution < 1.29 is 24.1 Å². The molecule has 0 aliphatic heterocycles. The van der Waals surface area contributed by atoms with Crippen molar-refractivity contribution in [2.45, 2.75) is 30.8 Å². The van der Waals surface area contributed by atoms with Crippen LogP contribution in [0, 0.1) is 17.6 Å². The molecule has 5 atom stereocenters. The van der Waals surface area contributed by atoms with Crippen LogP contribution in [0.4, 0.5) is 14.6 Å². The molecule has 1 saturated carbocycles. The number of hydrogen-bond acceptors (Lipinski definition) is 6. The van der Waals surface area contributed by atoms with Gasteiger partial charge in [-0.1, -0.05) is 6.07 Å². The monoisotopic (exact) mass is 351 g/mol. The molecule has 6 nitrogen and oxygen atoms in total. The maximum atomic E-state index is 13.4. The molecule has 1 heterocycles. The Morgan fingerprint density at radius 1 is 1.16 bits per heavy atom. The van der Waals surface area contributed by atoms with E-state index in [-0.39, 0.29) is 12.0 Å². The first-order valence-electron chi connectivity index (χ1n) is 7.88. The van der Waals surface area contributed by atoms with Crippen LogP contribution in [-0.2, 0) is 0 Å². The van der Waals surface area contributed by atoms with Gasteiger partial charge < -0.3 is 20.2 Å². The fourth-order valence-corrected chi connectivity index (χ4v) is 3.35. The molecular weight excluding hydrogens is 332 g/mol. The Hall–Kier alpha value is -2.16. The predicted octanol–water partition coefficient (Wildman–Crippen LogP) is 1.03. The van der Waals surface area contributed by atoms with Crippen molar-refractivity contribution in [3.63, 3.8) is 0 Å². The largest absolute Gasteiger partial charge is 0.390 e. The number of aliphatic hydroxyl groups excluding tert-OH is 3. The van der Waals surface area contributed by atoms with Crippen LogP contribution in [0.2, 0.25) is 0 Å². The van der Waals surface area contributed by atoms with Crippen molar-refractivity contribution in [3.05, 3.63) is 54.0 Å². The lowest BCUT2D eigenvalue weighted by Gasteiger charge is -2.28. The van der Waals surface area contributed by atoms with Crippen molar-refractivity contribution in [3.8, 4) is 0 Å². The molecule has 0 radical (unpaired) electrons. The Balaban J connectivity index is 1.80. The molecule has 0 spiro atoms.